The molecular formula is C85H164N6O14. The second-order valence-corrected chi connectivity index (χ2v) is 30.8. The van der Waals surface area contributed by atoms with Crippen LogP contribution >= 0.6 is 0 Å². The molecule has 1 saturated heterocycles. The SMILES string of the molecule is CCCCCCCCCCCCC/C=C/[C@@H](O)[C@H](COC[C@H]1O[C@H](CO)[C@@H](O)[C@H](O)[C@H]1O)NC(=O)CCCCCCCCCCCCCCCCCOCCCCCCCCCCCCCCCCCC(=O)N[C@@H](COC(=O)C(N)CCCN=C(N)N)[C@H](O)/C=C/C(O)CCCCCCCCCCCC. The lowest BCUT2D eigenvalue weighted by molar-refractivity contribution is -0.239. The molecule has 0 radical (unpaired) electrons. The number of aliphatic imine (C=N–C) groups is 1. The molecule has 1 heterocycles. The van der Waals surface area contributed by atoms with E-state index in [9.17, 15) is 50.1 Å². The van der Waals surface area contributed by atoms with Crippen molar-refractivity contribution < 1.29 is 69.1 Å². The number of esters is 1. The zero-order valence-electron chi connectivity index (χ0n) is 67.1. The molecule has 0 aromatic carbocycles. The largest absolute Gasteiger partial charge is 0.462 e. The predicted octanol–water partition coefficient (Wildman–Crippen LogP) is 15.4. The summed E-state index contributed by atoms with van der Waals surface area (Å²) in [4.78, 5) is 42.8. The summed E-state index contributed by atoms with van der Waals surface area (Å²) in [7, 11) is 0. The quantitative estimate of drug-likeness (QED) is 0.00885. The van der Waals surface area contributed by atoms with Gasteiger partial charge in [-0.15, -0.1) is 0 Å². The van der Waals surface area contributed by atoms with Gasteiger partial charge in [0.25, 0.3) is 0 Å². The molecule has 0 bridgehead atoms. The van der Waals surface area contributed by atoms with E-state index >= 15 is 0 Å². The topological polar surface area (TPSA) is 344 Å². The van der Waals surface area contributed by atoms with E-state index in [1.807, 2.05) is 6.08 Å². The van der Waals surface area contributed by atoms with Gasteiger partial charge < -0.3 is 82.5 Å². The number of hydrogen-bond donors (Lipinski definition) is 12. The molecule has 1 aliphatic rings. The third kappa shape index (κ3) is 61.1. The van der Waals surface area contributed by atoms with Crippen molar-refractivity contribution in [1.29, 1.82) is 0 Å². The van der Waals surface area contributed by atoms with Crippen molar-refractivity contribution in [3.05, 3.63) is 24.3 Å². The zero-order valence-corrected chi connectivity index (χ0v) is 67.1. The number of aliphatic hydroxyl groups excluding tert-OH is 7. The Hall–Kier alpha value is -3.28. The molecule has 1 aliphatic heterocycles. The number of guanidine groups is 1. The van der Waals surface area contributed by atoms with Gasteiger partial charge in [-0.2, -0.15) is 0 Å². The van der Waals surface area contributed by atoms with Gasteiger partial charge in [0.15, 0.2) is 5.96 Å². The van der Waals surface area contributed by atoms with Gasteiger partial charge in [-0.05, 0) is 57.8 Å². The van der Waals surface area contributed by atoms with E-state index in [1.54, 1.807) is 12.2 Å². The lowest BCUT2D eigenvalue weighted by atomic mass is 9.95. The maximum absolute atomic E-state index is 13.1. The van der Waals surface area contributed by atoms with Crippen LogP contribution in [0.1, 0.15) is 380 Å². The molecule has 11 atom stereocenters. The van der Waals surface area contributed by atoms with E-state index in [0.29, 0.717) is 38.6 Å². The van der Waals surface area contributed by atoms with E-state index in [1.165, 1.54) is 244 Å². The average Bonchev–Trinajstić information content (AvgIpc) is 0.821. The van der Waals surface area contributed by atoms with E-state index < -0.39 is 79.5 Å². The highest BCUT2D eigenvalue weighted by molar-refractivity contribution is 5.77. The average molecular weight is 1490 g/mol. The minimum atomic E-state index is -1.50. The lowest BCUT2D eigenvalue weighted by Gasteiger charge is -2.40. The second kappa shape index (κ2) is 73.5. The van der Waals surface area contributed by atoms with Crippen molar-refractivity contribution in [2.45, 2.75) is 447 Å². The van der Waals surface area contributed by atoms with Crippen molar-refractivity contribution in [3.8, 4) is 0 Å². The van der Waals surface area contributed by atoms with Crippen molar-refractivity contribution in [3.63, 3.8) is 0 Å². The first-order valence-electron chi connectivity index (χ1n) is 43.6. The van der Waals surface area contributed by atoms with Gasteiger partial charge in [-0.3, -0.25) is 19.4 Å². The Labute approximate surface area is 640 Å². The molecule has 2 amide bonds. The van der Waals surface area contributed by atoms with Gasteiger partial charge in [0.05, 0.1) is 50.2 Å². The number of allylic oxidation sites excluding steroid dienone is 1. The van der Waals surface area contributed by atoms with Crippen LogP contribution in [0.15, 0.2) is 29.3 Å². The summed E-state index contributed by atoms with van der Waals surface area (Å²) in [5.74, 6) is -1.02. The smallest absolute Gasteiger partial charge is 0.322 e. The zero-order chi connectivity index (χ0) is 76.7. The van der Waals surface area contributed by atoms with Gasteiger partial charge in [0, 0.05) is 32.6 Å². The number of amides is 2. The summed E-state index contributed by atoms with van der Waals surface area (Å²) < 4.78 is 22.9. The highest BCUT2D eigenvalue weighted by Gasteiger charge is 2.43. The number of carbonyl (C=O) groups is 3. The molecule has 105 heavy (non-hydrogen) atoms. The first-order valence-corrected chi connectivity index (χ1v) is 43.6. The van der Waals surface area contributed by atoms with Gasteiger partial charge >= 0.3 is 5.97 Å². The molecule has 20 heteroatoms. The number of nitrogens with two attached hydrogens (primary N) is 3. The fraction of sp³-hybridized carbons (Fsp3) is 0.906. The van der Waals surface area contributed by atoms with Gasteiger partial charge in [-0.25, -0.2) is 0 Å². The summed E-state index contributed by atoms with van der Waals surface area (Å²) in [6, 6.07) is -2.50. The normalized spacial score (nSPS) is 18.0. The standard InChI is InChI=1S/C85H164N6O14/c1-3-5-7-9-11-13-15-22-27-33-39-45-51-59-75(94)73(68-103-70-78-82(99)83(100)81(98)77(67-92)105-78)90-79(96)60-52-46-40-34-28-23-18-16-20-25-30-36-42-48-54-65-102-66-55-49-43-37-31-26-21-17-19-24-29-35-41-47-53-61-80(97)91-74(69-104-84(101)72(86)58-56-64-89-85(87)88)76(95)63-62-71(93)57-50-44-38-32-14-12-10-8-6-4-2/h51,59,62-63,71-78,81-83,92-95,98-100H,3-50,52-58,60-61,64-70,86H2,1-2H3,(H,90,96)(H,91,97)(H4,87,88,89)/b59-51+,63-62+/t71?,72?,73-,74-,75+,76+,77+,78+,81+,82-,83-/m0/s1. The molecule has 0 aromatic rings. The summed E-state index contributed by atoms with van der Waals surface area (Å²) in [6.45, 7) is 5.63. The first kappa shape index (κ1) is 99.7. The minimum Gasteiger partial charge on any atom is -0.462 e. The van der Waals surface area contributed by atoms with Crippen LogP contribution < -0.4 is 27.8 Å². The molecule has 0 aliphatic carbocycles. The monoisotopic (exact) mass is 1490 g/mol. The first-order chi connectivity index (χ1) is 51.1. The molecule has 15 N–H and O–H groups in total. The molecule has 0 aromatic heterocycles. The van der Waals surface area contributed by atoms with Gasteiger partial charge in [0.1, 0.15) is 43.2 Å². The number of unbranched alkanes of at least 4 members (excludes halogenated alkanes) is 48. The highest BCUT2D eigenvalue weighted by atomic mass is 16.6. The third-order valence-corrected chi connectivity index (χ3v) is 20.8. The van der Waals surface area contributed by atoms with E-state index in [-0.39, 0.29) is 37.6 Å². The highest BCUT2D eigenvalue weighted by Crippen LogP contribution is 2.23. The molecule has 1 rings (SSSR count). The number of aliphatic hydroxyl groups is 7. The summed E-state index contributed by atoms with van der Waals surface area (Å²) >= 11 is 0. The van der Waals surface area contributed by atoms with Crippen LogP contribution in [-0.2, 0) is 33.3 Å². The molecule has 618 valence electrons. The Kier molecular flexibility index (Phi) is 69.8. The fourth-order valence-electron chi connectivity index (χ4n) is 13.8. The molecule has 0 spiro atoms. The van der Waals surface area contributed by atoms with E-state index in [4.69, 9.17) is 36.1 Å². The van der Waals surface area contributed by atoms with Gasteiger partial charge in [-0.1, -0.05) is 334 Å². The van der Waals surface area contributed by atoms with Gasteiger partial charge in [0.2, 0.25) is 11.8 Å². The maximum Gasteiger partial charge on any atom is 0.322 e. The van der Waals surface area contributed by atoms with Crippen LogP contribution in [0.4, 0.5) is 0 Å². The van der Waals surface area contributed by atoms with Crippen LogP contribution in [0, 0.1) is 0 Å². The second-order valence-electron chi connectivity index (χ2n) is 30.8. The fourth-order valence-corrected chi connectivity index (χ4v) is 13.8. The summed E-state index contributed by atoms with van der Waals surface area (Å²) in [5.41, 5.74) is 16.8. The van der Waals surface area contributed by atoms with Crippen molar-refractivity contribution >= 4 is 23.7 Å². The number of ether oxygens (including phenoxy) is 4. The van der Waals surface area contributed by atoms with Crippen LogP contribution in [-0.4, -0.2) is 173 Å². The lowest BCUT2D eigenvalue weighted by Crippen LogP contribution is -2.59. The Morgan fingerprint density at radius 1 is 0.438 bits per heavy atom. The molecule has 2 unspecified atom stereocenters. The molecular weight excluding hydrogens is 1330 g/mol. The van der Waals surface area contributed by atoms with Crippen molar-refractivity contribution in [2.75, 3.05) is 46.2 Å². The van der Waals surface area contributed by atoms with E-state index in [0.717, 1.165) is 110 Å². The number of nitrogens with zero attached hydrogens (tertiary/aromatic N) is 1. The van der Waals surface area contributed by atoms with Crippen molar-refractivity contribution in [2.24, 2.45) is 22.2 Å². The number of rotatable bonds is 78. The summed E-state index contributed by atoms with van der Waals surface area (Å²) in [5, 5.41) is 79.2. The van der Waals surface area contributed by atoms with Crippen LogP contribution in [0.25, 0.3) is 0 Å². The van der Waals surface area contributed by atoms with Crippen LogP contribution in [0.3, 0.4) is 0 Å². The van der Waals surface area contributed by atoms with Crippen LogP contribution in [0.2, 0.25) is 0 Å². The minimum absolute atomic E-state index is 0.0278. The number of nitrogens with one attached hydrogen (secondary N) is 2. The maximum atomic E-state index is 13.1. The molecule has 20 nitrogen and oxygen atoms in total. The Morgan fingerprint density at radius 3 is 1.23 bits per heavy atom. The van der Waals surface area contributed by atoms with Crippen LogP contribution in [0.5, 0.6) is 0 Å². The predicted molar refractivity (Wildman–Crippen MR) is 430 cm³/mol. The van der Waals surface area contributed by atoms with Crippen molar-refractivity contribution in [1.82, 2.24) is 10.6 Å². The Balaban J connectivity index is 2.09. The third-order valence-electron chi connectivity index (χ3n) is 20.8. The van der Waals surface area contributed by atoms with E-state index in [2.05, 4.69) is 29.5 Å². The summed E-state index contributed by atoms with van der Waals surface area (Å²) in [6.07, 6.45) is 62.6. The Bertz CT molecular complexity index is 2040. The number of carbonyl (C=O) groups excluding carboxylic acids is 3. The molecule has 0 saturated carbocycles. The Morgan fingerprint density at radius 2 is 0.810 bits per heavy atom. The molecule has 1 fully saturated rings. The number of hydrogen-bond acceptors (Lipinski definition) is 16.